The van der Waals surface area contributed by atoms with Crippen molar-refractivity contribution in [2.45, 2.75) is 24.8 Å². The molecule has 0 unspecified atom stereocenters. The lowest BCUT2D eigenvalue weighted by molar-refractivity contribution is -0.141. The molecule has 1 saturated heterocycles. The van der Waals surface area contributed by atoms with Crippen LogP contribution in [0.1, 0.15) is 35.2 Å². The van der Waals surface area contributed by atoms with Crippen LogP contribution in [-0.4, -0.2) is 11.9 Å². The van der Waals surface area contributed by atoms with E-state index in [1.807, 2.05) is 36.4 Å². The van der Waals surface area contributed by atoms with Crippen molar-refractivity contribution in [3.8, 4) is 6.07 Å². The zero-order valence-corrected chi connectivity index (χ0v) is 14.6. The van der Waals surface area contributed by atoms with E-state index in [9.17, 15) is 14.9 Å². The molecule has 0 radical (unpaired) electrons. The summed E-state index contributed by atoms with van der Waals surface area (Å²) in [5.74, 6) is -0.858. The zero-order valence-electron chi connectivity index (χ0n) is 14.6. The van der Waals surface area contributed by atoms with Gasteiger partial charge in [-0.3, -0.25) is 4.79 Å². The number of allylic oxidation sites excluding steroid dienone is 1. The molecule has 1 heterocycles. The summed E-state index contributed by atoms with van der Waals surface area (Å²) in [5.41, 5.74) is 0.297. The number of hydrogen-bond acceptors (Lipinski definition) is 4. The molecular formula is C22H18N2O3. The molecule has 1 fully saturated rings. The fourth-order valence-corrected chi connectivity index (χ4v) is 4.00. The van der Waals surface area contributed by atoms with Crippen molar-refractivity contribution < 1.29 is 14.3 Å². The quantitative estimate of drug-likeness (QED) is 0.853. The summed E-state index contributed by atoms with van der Waals surface area (Å²) in [6.07, 6.45) is 2.02. The van der Waals surface area contributed by atoms with Gasteiger partial charge in [-0.05, 0) is 37.0 Å². The fraction of sp³-hybridized carbons (Fsp3) is 0.227. The number of benzene rings is 2. The Kier molecular flexibility index (Phi) is 4.25. The molecule has 0 bridgehead atoms. The summed E-state index contributed by atoms with van der Waals surface area (Å²) >= 11 is 0. The van der Waals surface area contributed by atoms with Gasteiger partial charge in [0, 0.05) is 5.56 Å². The third kappa shape index (κ3) is 2.70. The summed E-state index contributed by atoms with van der Waals surface area (Å²) in [6, 6.07) is 20.1. The van der Waals surface area contributed by atoms with Crippen molar-refractivity contribution in [2.75, 3.05) is 0 Å². The molecular weight excluding hydrogens is 340 g/mol. The van der Waals surface area contributed by atoms with Crippen LogP contribution in [-0.2, 0) is 15.1 Å². The van der Waals surface area contributed by atoms with Gasteiger partial charge in [-0.1, -0.05) is 48.5 Å². The molecule has 1 N–H and O–H groups in total. The molecule has 0 aromatic heterocycles. The molecule has 0 saturated carbocycles. The molecule has 5 heteroatoms. The lowest BCUT2D eigenvalue weighted by atomic mass is 9.73. The van der Waals surface area contributed by atoms with Crippen LogP contribution in [0.15, 0.2) is 72.0 Å². The Labute approximate surface area is 157 Å². The highest BCUT2D eigenvalue weighted by atomic mass is 16.5. The van der Waals surface area contributed by atoms with Crippen LogP contribution in [0.2, 0.25) is 0 Å². The highest BCUT2D eigenvalue weighted by Gasteiger charge is 2.58. The second-order valence-electron chi connectivity index (χ2n) is 6.78. The number of amides is 1. The Hall–Kier alpha value is -3.39. The van der Waals surface area contributed by atoms with E-state index in [1.165, 1.54) is 0 Å². The lowest BCUT2D eigenvalue weighted by Crippen LogP contribution is -2.53. The Bertz CT molecular complexity index is 960. The van der Waals surface area contributed by atoms with Crippen LogP contribution in [0, 0.1) is 17.2 Å². The van der Waals surface area contributed by atoms with Crippen LogP contribution in [0.4, 0.5) is 0 Å². The van der Waals surface area contributed by atoms with E-state index in [4.69, 9.17) is 4.74 Å². The number of nitrogens with one attached hydrogen (secondary N) is 1. The van der Waals surface area contributed by atoms with Crippen molar-refractivity contribution in [3.05, 3.63) is 83.1 Å². The number of nitriles is 1. The summed E-state index contributed by atoms with van der Waals surface area (Å²) in [6.45, 7) is 0. The topological polar surface area (TPSA) is 79.2 Å². The Morgan fingerprint density at radius 1 is 1.11 bits per heavy atom. The third-order valence-electron chi connectivity index (χ3n) is 5.29. The summed E-state index contributed by atoms with van der Waals surface area (Å²) in [5, 5.41) is 12.4. The number of hydrogen-bond donors (Lipinski definition) is 1. The van der Waals surface area contributed by atoms with E-state index in [0.29, 0.717) is 35.3 Å². The van der Waals surface area contributed by atoms with Gasteiger partial charge < -0.3 is 10.1 Å². The minimum absolute atomic E-state index is 0.346. The number of nitrogens with zero attached hydrogens (tertiary/aromatic N) is 1. The first kappa shape index (κ1) is 17.0. The Morgan fingerprint density at radius 2 is 1.78 bits per heavy atom. The number of fused-ring (bicyclic) bond motifs is 1. The van der Waals surface area contributed by atoms with E-state index >= 15 is 0 Å². The molecule has 4 rings (SSSR count). The molecule has 1 amide bonds. The SMILES string of the molecule is N#CC1=C2OC(=O)[C@](NC(=O)c3ccccc3)(c3ccccc3)[C@H]2CCC1. The Balaban J connectivity index is 1.85. The molecule has 2 aliphatic rings. The summed E-state index contributed by atoms with van der Waals surface area (Å²) in [4.78, 5) is 26.1. The summed E-state index contributed by atoms with van der Waals surface area (Å²) in [7, 11) is 0. The van der Waals surface area contributed by atoms with Crippen molar-refractivity contribution in [2.24, 2.45) is 5.92 Å². The van der Waals surface area contributed by atoms with Gasteiger partial charge in [0.2, 0.25) is 0 Å². The average Bonchev–Trinajstić information content (AvgIpc) is 3.01. The first-order valence-corrected chi connectivity index (χ1v) is 8.95. The molecule has 27 heavy (non-hydrogen) atoms. The molecule has 2 atom stereocenters. The first-order chi connectivity index (χ1) is 13.2. The maximum atomic E-state index is 13.1. The third-order valence-corrected chi connectivity index (χ3v) is 5.29. The van der Waals surface area contributed by atoms with Crippen LogP contribution >= 0.6 is 0 Å². The smallest absolute Gasteiger partial charge is 0.342 e. The number of carbonyl (C=O) groups excluding carboxylic acids is 2. The first-order valence-electron chi connectivity index (χ1n) is 8.95. The average molecular weight is 358 g/mol. The minimum Gasteiger partial charge on any atom is -0.428 e. The second kappa shape index (κ2) is 6.73. The molecule has 0 spiro atoms. The highest BCUT2D eigenvalue weighted by Crippen LogP contribution is 2.49. The molecule has 2 aromatic carbocycles. The molecule has 5 nitrogen and oxygen atoms in total. The van der Waals surface area contributed by atoms with Gasteiger partial charge in [-0.25, -0.2) is 4.79 Å². The van der Waals surface area contributed by atoms with Gasteiger partial charge >= 0.3 is 5.97 Å². The highest BCUT2D eigenvalue weighted by molar-refractivity contribution is 6.00. The van der Waals surface area contributed by atoms with Gasteiger partial charge in [-0.2, -0.15) is 5.26 Å². The molecule has 134 valence electrons. The number of carbonyl (C=O) groups is 2. The van der Waals surface area contributed by atoms with Gasteiger partial charge in [0.1, 0.15) is 5.76 Å². The monoisotopic (exact) mass is 358 g/mol. The number of ether oxygens (including phenoxy) is 1. The van der Waals surface area contributed by atoms with E-state index in [1.54, 1.807) is 24.3 Å². The zero-order chi connectivity index (χ0) is 18.9. The molecule has 1 aliphatic heterocycles. The van der Waals surface area contributed by atoms with E-state index < -0.39 is 11.5 Å². The maximum absolute atomic E-state index is 13.1. The standard InChI is InChI=1S/C22H18N2O3/c23-14-16-10-7-13-18-19(16)27-21(26)22(18,17-11-5-2-6-12-17)24-20(25)15-8-3-1-4-9-15/h1-6,8-9,11-12,18H,7,10,13H2,(H,24,25)/t18-,22-/m0/s1. The van der Waals surface area contributed by atoms with Crippen LogP contribution < -0.4 is 5.32 Å². The van der Waals surface area contributed by atoms with Crippen LogP contribution in [0.25, 0.3) is 0 Å². The fourth-order valence-electron chi connectivity index (χ4n) is 4.00. The van der Waals surface area contributed by atoms with Gasteiger partial charge in [-0.15, -0.1) is 0 Å². The molecule has 2 aromatic rings. The predicted octanol–water partition coefficient (Wildman–Crippen LogP) is 3.45. The van der Waals surface area contributed by atoms with Crippen molar-refractivity contribution in [1.29, 1.82) is 5.26 Å². The van der Waals surface area contributed by atoms with E-state index in [2.05, 4.69) is 11.4 Å². The van der Waals surface area contributed by atoms with Crippen molar-refractivity contribution >= 4 is 11.9 Å². The number of rotatable bonds is 3. The van der Waals surface area contributed by atoms with Crippen LogP contribution in [0.5, 0.6) is 0 Å². The predicted molar refractivity (Wildman–Crippen MR) is 98.1 cm³/mol. The largest absolute Gasteiger partial charge is 0.428 e. The summed E-state index contributed by atoms with van der Waals surface area (Å²) < 4.78 is 5.58. The maximum Gasteiger partial charge on any atom is 0.342 e. The molecule has 1 aliphatic carbocycles. The lowest BCUT2D eigenvalue weighted by Gasteiger charge is -2.34. The van der Waals surface area contributed by atoms with Crippen molar-refractivity contribution in [1.82, 2.24) is 5.32 Å². The van der Waals surface area contributed by atoms with Gasteiger partial charge in [0.05, 0.1) is 17.6 Å². The number of esters is 1. The van der Waals surface area contributed by atoms with E-state index in [0.717, 1.165) is 6.42 Å². The second-order valence-corrected chi connectivity index (χ2v) is 6.78. The van der Waals surface area contributed by atoms with E-state index in [-0.39, 0.29) is 11.8 Å². The van der Waals surface area contributed by atoms with Crippen molar-refractivity contribution in [3.63, 3.8) is 0 Å². The van der Waals surface area contributed by atoms with Gasteiger partial charge in [0.15, 0.2) is 5.54 Å². The normalized spacial score (nSPS) is 24.0. The van der Waals surface area contributed by atoms with Crippen LogP contribution in [0.3, 0.4) is 0 Å². The van der Waals surface area contributed by atoms with Gasteiger partial charge in [0.25, 0.3) is 5.91 Å². The Morgan fingerprint density at radius 3 is 2.44 bits per heavy atom. The minimum atomic E-state index is -1.33.